The topological polar surface area (TPSA) is 84.6 Å². The number of nitrogens with zero attached hydrogens (tertiary/aromatic N) is 5. The number of aliphatic imine (C=N–C) groups is 1. The van der Waals surface area contributed by atoms with E-state index in [0.717, 1.165) is 18.5 Å². The lowest BCUT2D eigenvalue weighted by Crippen LogP contribution is -2.23. The van der Waals surface area contributed by atoms with Crippen LogP contribution in [0.3, 0.4) is 0 Å². The predicted molar refractivity (Wildman–Crippen MR) is 105 cm³/mol. The van der Waals surface area contributed by atoms with Gasteiger partial charge in [0.15, 0.2) is 17.4 Å². The minimum atomic E-state index is -0.269. The van der Waals surface area contributed by atoms with Crippen LogP contribution < -0.4 is 9.88 Å². The number of ketones is 2. The standard InChI is InChI=1S/C20H21N6O2/c1-24-11-12-25(14-24)9-4-8-21-20-19(17-5-2-3-10-26(17)23-20)22-16-7-6-15(27)13-18(16)28/h2-3,5-7,10-12,14H,4,8-9,13H2,1H3,(H,21,23)/q+1. The molecule has 0 saturated carbocycles. The maximum Gasteiger partial charge on any atom is 0.243 e. The summed E-state index contributed by atoms with van der Waals surface area (Å²) in [6, 6.07) is 5.69. The molecule has 0 amide bonds. The van der Waals surface area contributed by atoms with Crippen LogP contribution in [0.5, 0.6) is 0 Å². The third-order valence-corrected chi connectivity index (χ3v) is 4.50. The Bertz CT molecular complexity index is 1110. The van der Waals surface area contributed by atoms with Crippen molar-refractivity contribution in [2.24, 2.45) is 12.0 Å². The fourth-order valence-electron chi connectivity index (χ4n) is 3.11. The number of Topliss-reactive ketones (excluding diaryl/α,β-unsaturated/α-hetero) is 1. The number of nitrogens with one attached hydrogen (secondary N) is 1. The fourth-order valence-corrected chi connectivity index (χ4v) is 3.11. The molecule has 1 N–H and O–H groups in total. The summed E-state index contributed by atoms with van der Waals surface area (Å²) >= 11 is 0. The first-order valence-electron chi connectivity index (χ1n) is 9.15. The first-order valence-corrected chi connectivity index (χ1v) is 9.15. The molecule has 0 spiro atoms. The highest BCUT2D eigenvalue weighted by atomic mass is 16.1. The van der Waals surface area contributed by atoms with Gasteiger partial charge in [0.25, 0.3) is 0 Å². The first-order chi connectivity index (χ1) is 13.6. The van der Waals surface area contributed by atoms with Crippen molar-refractivity contribution in [3.8, 4) is 0 Å². The number of hydrogen-bond acceptors (Lipinski definition) is 5. The fraction of sp³-hybridized carbons (Fsp3) is 0.250. The third kappa shape index (κ3) is 3.75. The summed E-state index contributed by atoms with van der Waals surface area (Å²) in [6.45, 7) is 1.60. The van der Waals surface area contributed by atoms with Gasteiger partial charge in [-0.15, -0.1) is 5.10 Å². The van der Waals surface area contributed by atoms with Gasteiger partial charge in [-0.05, 0) is 24.3 Å². The van der Waals surface area contributed by atoms with Gasteiger partial charge in [0.2, 0.25) is 6.33 Å². The van der Waals surface area contributed by atoms with E-state index in [1.165, 1.54) is 12.2 Å². The van der Waals surface area contributed by atoms with E-state index >= 15 is 0 Å². The molecule has 0 aliphatic heterocycles. The predicted octanol–water partition coefficient (Wildman–Crippen LogP) is 1.63. The summed E-state index contributed by atoms with van der Waals surface area (Å²) < 4.78 is 5.86. The molecule has 0 bridgehead atoms. The van der Waals surface area contributed by atoms with Gasteiger partial charge < -0.3 is 5.32 Å². The SMILES string of the molecule is C[n+]1ccn(CCCNc2nn3ccccc3c2N=C2C=CC(=O)CC2=O)c1. The maximum atomic E-state index is 12.1. The Hall–Kier alpha value is -3.55. The number of carbonyl (C=O) groups is 2. The van der Waals surface area contributed by atoms with Crippen molar-refractivity contribution >= 4 is 34.3 Å². The minimum absolute atomic E-state index is 0.133. The zero-order valence-corrected chi connectivity index (χ0v) is 15.6. The molecular weight excluding hydrogens is 356 g/mol. The van der Waals surface area contributed by atoms with Gasteiger partial charge in [-0.25, -0.2) is 18.6 Å². The van der Waals surface area contributed by atoms with Crippen molar-refractivity contribution in [2.75, 3.05) is 11.9 Å². The van der Waals surface area contributed by atoms with E-state index in [-0.39, 0.29) is 23.7 Å². The molecule has 8 heteroatoms. The largest absolute Gasteiger partial charge is 0.367 e. The number of allylic oxidation sites excluding steroid dienone is 2. The van der Waals surface area contributed by atoms with E-state index in [1.807, 2.05) is 54.7 Å². The highest BCUT2D eigenvalue weighted by Crippen LogP contribution is 2.30. The van der Waals surface area contributed by atoms with E-state index in [4.69, 9.17) is 0 Å². The zero-order valence-electron chi connectivity index (χ0n) is 15.6. The number of fused-ring (bicyclic) bond motifs is 1. The Kier molecular flexibility index (Phi) is 4.84. The first kappa shape index (κ1) is 17.8. The summed E-state index contributed by atoms with van der Waals surface area (Å²) in [6.07, 6.45) is 11.6. The van der Waals surface area contributed by atoms with Gasteiger partial charge in [0.1, 0.15) is 23.8 Å². The zero-order chi connectivity index (χ0) is 19.5. The molecule has 0 atom stereocenters. The van der Waals surface area contributed by atoms with Crippen molar-refractivity contribution in [2.45, 2.75) is 19.4 Å². The van der Waals surface area contributed by atoms with Crippen molar-refractivity contribution in [1.82, 2.24) is 14.2 Å². The number of carbonyl (C=O) groups excluding carboxylic acids is 2. The molecule has 4 rings (SSSR count). The van der Waals surface area contributed by atoms with Crippen LogP contribution >= 0.6 is 0 Å². The number of rotatable bonds is 6. The molecule has 1 aliphatic rings. The summed E-state index contributed by atoms with van der Waals surface area (Å²) in [5.74, 6) is 0.157. The number of hydrogen-bond donors (Lipinski definition) is 1. The van der Waals surface area contributed by atoms with Crippen molar-refractivity contribution in [3.05, 3.63) is 55.3 Å². The molecule has 28 heavy (non-hydrogen) atoms. The lowest BCUT2D eigenvalue weighted by atomic mass is 10.0. The van der Waals surface area contributed by atoms with Crippen molar-refractivity contribution in [3.63, 3.8) is 0 Å². The Morgan fingerprint density at radius 3 is 2.93 bits per heavy atom. The molecule has 1 aliphatic carbocycles. The van der Waals surface area contributed by atoms with Crippen LogP contribution in [0.15, 0.2) is 60.3 Å². The van der Waals surface area contributed by atoms with Gasteiger partial charge in [-0.1, -0.05) is 6.07 Å². The Morgan fingerprint density at radius 2 is 2.14 bits per heavy atom. The molecular formula is C20H21N6O2+. The van der Waals surface area contributed by atoms with Crippen molar-refractivity contribution < 1.29 is 14.2 Å². The quantitative estimate of drug-likeness (QED) is 0.402. The number of aryl methyl sites for hydroxylation is 2. The molecule has 3 aromatic heterocycles. The lowest BCUT2D eigenvalue weighted by molar-refractivity contribution is -0.671. The smallest absolute Gasteiger partial charge is 0.243 e. The van der Waals surface area contributed by atoms with Crippen LogP contribution in [0.4, 0.5) is 11.5 Å². The number of aromatic nitrogens is 4. The average molecular weight is 377 g/mol. The van der Waals surface area contributed by atoms with Crippen LogP contribution in [0.25, 0.3) is 5.52 Å². The van der Waals surface area contributed by atoms with Crippen molar-refractivity contribution in [1.29, 1.82) is 0 Å². The molecule has 0 aromatic carbocycles. The van der Waals surface area contributed by atoms with E-state index in [1.54, 1.807) is 4.52 Å². The Balaban J connectivity index is 1.56. The second kappa shape index (κ2) is 7.59. The molecule has 0 saturated heterocycles. The lowest BCUT2D eigenvalue weighted by Gasteiger charge is -2.06. The molecule has 0 fully saturated rings. The minimum Gasteiger partial charge on any atom is -0.367 e. The van der Waals surface area contributed by atoms with Crippen LogP contribution in [0, 0.1) is 0 Å². The average Bonchev–Trinajstić information content (AvgIpc) is 3.24. The molecule has 3 heterocycles. The van der Waals surface area contributed by atoms with Gasteiger partial charge in [0.05, 0.1) is 25.5 Å². The highest BCUT2D eigenvalue weighted by molar-refractivity contribution is 6.50. The number of pyridine rings is 1. The van der Waals surface area contributed by atoms with Gasteiger partial charge in [0, 0.05) is 19.2 Å². The monoisotopic (exact) mass is 377 g/mol. The summed E-state index contributed by atoms with van der Waals surface area (Å²) in [5, 5.41) is 7.88. The number of imidazole rings is 1. The Labute approximate surface area is 161 Å². The van der Waals surface area contributed by atoms with E-state index < -0.39 is 0 Å². The van der Waals surface area contributed by atoms with E-state index in [0.29, 0.717) is 18.1 Å². The summed E-state index contributed by atoms with van der Waals surface area (Å²) in [5.41, 5.74) is 1.68. The summed E-state index contributed by atoms with van der Waals surface area (Å²) in [4.78, 5) is 28.1. The van der Waals surface area contributed by atoms with Gasteiger partial charge in [-0.3, -0.25) is 9.59 Å². The van der Waals surface area contributed by atoms with Crippen LogP contribution in [0.2, 0.25) is 0 Å². The Morgan fingerprint density at radius 1 is 1.25 bits per heavy atom. The van der Waals surface area contributed by atoms with Gasteiger partial charge >= 0.3 is 0 Å². The normalized spacial score (nSPS) is 15.7. The number of anilines is 1. The second-order valence-corrected chi connectivity index (χ2v) is 6.72. The maximum absolute atomic E-state index is 12.1. The third-order valence-electron chi connectivity index (χ3n) is 4.50. The summed E-state index contributed by atoms with van der Waals surface area (Å²) in [7, 11) is 1.99. The highest BCUT2D eigenvalue weighted by Gasteiger charge is 2.20. The molecule has 142 valence electrons. The van der Waals surface area contributed by atoms with Crippen LogP contribution in [-0.4, -0.2) is 38.0 Å². The second-order valence-electron chi connectivity index (χ2n) is 6.72. The van der Waals surface area contributed by atoms with Gasteiger partial charge in [-0.2, -0.15) is 0 Å². The molecule has 0 radical (unpaired) electrons. The molecule has 3 aromatic rings. The van der Waals surface area contributed by atoms with Crippen LogP contribution in [0.1, 0.15) is 12.8 Å². The van der Waals surface area contributed by atoms with Crippen LogP contribution in [-0.2, 0) is 23.2 Å². The van der Waals surface area contributed by atoms with E-state index in [2.05, 4.69) is 20.0 Å². The molecule has 0 unspecified atom stereocenters. The van der Waals surface area contributed by atoms with E-state index in [9.17, 15) is 9.59 Å². The molecule has 8 nitrogen and oxygen atoms in total.